The largest absolute Gasteiger partial charge is 0.464 e. The zero-order valence-corrected chi connectivity index (χ0v) is 15.4. The van der Waals surface area contributed by atoms with Gasteiger partial charge in [0.25, 0.3) is 0 Å². The van der Waals surface area contributed by atoms with Crippen molar-refractivity contribution in [1.82, 2.24) is 9.97 Å². The molecule has 3 heterocycles. The first kappa shape index (κ1) is 16.8. The maximum Gasteiger partial charge on any atom is 0.418 e. The summed E-state index contributed by atoms with van der Waals surface area (Å²) in [7, 11) is 0. The van der Waals surface area contributed by atoms with Gasteiger partial charge in [0.05, 0.1) is 16.4 Å². The second kappa shape index (κ2) is 6.91. The van der Waals surface area contributed by atoms with Gasteiger partial charge in [0.1, 0.15) is 10.8 Å². The third-order valence-electron chi connectivity index (χ3n) is 3.50. The number of benzene rings is 1. The number of fused-ring (bicyclic) bond motifs is 1. The number of hydrogen-bond donors (Lipinski definition) is 1. The molecule has 0 saturated heterocycles. The fourth-order valence-electron chi connectivity index (χ4n) is 2.37. The van der Waals surface area contributed by atoms with Gasteiger partial charge < -0.3 is 9.84 Å². The van der Waals surface area contributed by atoms with Crippen LogP contribution in [0.3, 0.4) is 0 Å². The van der Waals surface area contributed by atoms with Gasteiger partial charge in [-0.1, -0.05) is 11.6 Å². The van der Waals surface area contributed by atoms with Gasteiger partial charge >= 0.3 is 6.09 Å². The minimum atomic E-state index is -1.10. The van der Waals surface area contributed by atoms with Crippen molar-refractivity contribution in [2.75, 3.05) is 4.90 Å². The van der Waals surface area contributed by atoms with E-state index in [2.05, 4.69) is 9.97 Å². The summed E-state index contributed by atoms with van der Waals surface area (Å²) in [4.78, 5) is 21.1. The van der Waals surface area contributed by atoms with E-state index in [9.17, 15) is 9.90 Å². The van der Waals surface area contributed by atoms with E-state index in [-0.39, 0.29) is 0 Å². The molecule has 9 heteroatoms. The average Bonchev–Trinajstić information content (AvgIpc) is 3.27. The van der Waals surface area contributed by atoms with Crippen molar-refractivity contribution in [3.63, 3.8) is 0 Å². The molecule has 26 heavy (non-hydrogen) atoms. The average molecular weight is 404 g/mol. The van der Waals surface area contributed by atoms with Crippen molar-refractivity contribution in [2.45, 2.75) is 0 Å². The minimum absolute atomic E-state index is 0.363. The van der Waals surface area contributed by atoms with Gasteiger partial charge in [0, 0.05) is 22.0 Å². The number of nitrogens with zero attached hydrogens (tertiary/aromatic N) is 3. The first-order chi connectivity index (χ1) is 12.6. The Morgan fingerprint density at radius 2 is 2.04 bits per heavy atom. The SMILES string of the molecule is O=C(O)N(c1cscn1)c1cc2c(Oc3ccc(Cl)cc3)cncc2s1. The van der Waals surface area contributed by atoms with Crippen LogP contribution in [0, 0.1) is 0 Å². The van der Waals surface area contributed by atoms with Crippen molar-refractivity contribution in [3.05, 3.63) is 58.6 Å². The molecular weight excluding hydrogens is 394 g/mol. The lowest BCUT2D eigenvalue weighted by Gasteiger charge is -2.13. The van der Waals surface area contributed by atoms with Gasteiger partial charge in [-0.05, 0) is 30.3 Å². The summed E-state index contributed by atoms with van der Waals surface area (Å²) in [6.45, 7) is 0. The van der Waals surface area contributed by atoms with Gasteiger partial charge in [-0.2, -0.15) is 0 Å². The van der Waals surface area contributed by atoms with E-state index in [1.54, 1.807) is 53.6 Å². The highest BCUT2D eigenvalue weighted by Gasteiger charge is 2.22. The van der Waals surface area contributed by atoms with Crippen molar-refractivity contribution in [3.8, 4) is 11.5 Å². The van der Waals surface area contributed by atoms with Gasteiger partial charge in [0.2, 0.25) is 0 Å². The van der Waals surface area contributed by atoms with Crippen LogP contribution in [0.25, 0.3) is 10.1 Å². The van der Waals surface area contributed by atoms with Crippen molar-refractivity contribution >= 4 is 61.3 Å². The highest BCUT2D eigenvalue weighted by molar-refractivity contribution is 7.23. The van der Waals surface area contributed by atoms with Crippen LogP contribution in [0.2, 0.25) is 5.02 Å². The lowest BCUT2D eigenvalue weighted by molar-refractivity contribution is 0.205. The van der Waals surface area contributed by atoms with E-state index >= 15 is 0 Å². The number of hydrogen-bond acceptors (Lipinski definition) is 6. The van der Waals surface area contributed by atoms with E-state index in [1.807, 2.05) is 0 Å². The summed E-state index contributed by atoms with van der Waals surface area (Å²) in [5, 5.41) is 13.2. The maximum atomic E-state index is 11.7. The van der Waals surface area contributed by atoms with Crippen LogP contribution in [0.1, 0.15) is 0 Å². The molecule has 0 atom stereocenters. The summed E-state index contributed by atoms with van der Waals surface area (Å²) in [6.07, 6.45) is 2.18. The Morgan fingerprint density at radius 1 is 1.23 bits per heavy atom. The third kappa shape index (κ3) is 3.22. The summed E-state index contributed by atoms with van der Waals surface area (Å²) >= 11 is 8.53. The van der Waals surface area contributed by atoms with E-state index < -0.39 is 6.09 Å². The van der Waals surface area contributed by atoms with Crippen molar-refractivity contribution < 1.29 is 14.6 Å². The second-order valence-electron chi connectivity index (χ2n) is 5.15. The number of aromatic nitrogens is 2. The van der Waals surface area contributed by atoms with E-state index in [1.165, 1.54) is 22.7 Å². The summed E-state index contributed by atoms with van der Waals surface area (Å²) in [5.41, 5.74) is 1.59. The van der Waals surface area contributed by atoms with Crippen LogP contribution in [0.15, 0.2) is 53.6 Å². The number of ether oxygens (including phenoxy) is 1. The minimum Gasteiger partial charge on any atom is -0.464 e. The van der Waals surface area contributed by atoms with Crippen LogP contribution < -0.4 is 9.64 Å². The Hall–Kier alpha value is -2.68. The zero-order valence-electron chi connectivity index (χ0n) is 13.0. The molecule has 130 valence electrons. The fraction of sp³-hybridized carbons (Fsp3) is 0. The molecule has 0 aliphatic carbocycles. The number of thiophene rings is 1. The third-order valence-corrected chi connectivity index (χ3v) is 5.38. The smallest absolute Gasteiger partial charge is 0.418 e. The highest BCUT2D eigenvalue weighted by atomic mass is 35.5. The van der Waals surface area contributed by atoms with E-state index in [0.717, 1.165) is 15.0 Å². The quantitative estimate of drug-likeness (QED) is 0.451. The van der Waals surface area contributed by atoms with E-state index in [0.29, 0.717) is 27.3 Å². The van der Waals surface area contributed by atoms with Crippen molar-refractivity contribution in [2.24, 2.45) is 0 Å². The fourth-order valence-corrected chi connectivity index (χ4v) is 4.06. The van der Waals surface area contributed by atoms with Gasteiger partial charge in [-0.25, -0.2) is 14.7 Å². The van der Waals surface area contributed by atoms with Crippen LogP contribution in [-0.4, -0.2) is 21.2 Å². The van der Waals surface area contributed by atoms with Gasteiger partial charge in [0.15, 0.2) is 11.6 Å². The number of carbonyl (C=O) groups is 1. The van der Waals surface area contributed by atoms with E-state index in [4.69, 9.17) is 16.3 Å². The Labute approximate surface area is 160 Å². The predicted molar refractivity (Wildman–Crippen MR) is 103 cm³/mol. The van der Waals surface area contributed by atoms with Crippen LogP contribution in [0.5, 0.6) is 11.5 Å². The molecule has 0 bridgehead atoms. The number of pyridine rings is 1. The van der Waals surface area contributed by atoms with Crippen LogP contribution >= 0.6 is 34.3 Å². The number of anilines is 2. The normalized spacial score (nSPS) is 10.8. The zero-order chi connectivity index (χ0) is 18.1. The van der Waals surface area contributed by atoms with Gasteiger partial charge in [-0.15, -0.1) is 22.7 Å². The molecule has 0 aliphatic rings. The molecular formula is C17H10ClN3O3S2. The molecule has 0 radical (unpaired) electrons. The Kier molecular flexibility index (Phi) is 4.46. The topological polar surface area (TPSA) is 75.5 Å². The lowest BCUT2D eigenvalue weighted by Crippen LogP contribution is -2.22. The molecule has 0 unspecified atom stereocenters. The Morgan fingerprint density at radius 3 is 2.73 bits per heavy atom. The van der Waals surface area contributed by atoms with Crippen LogP contribution in [-0.2, 0) is 0 Å². The highest BCUT2D eigenvalue weighted by Crippen LogP contribution is 2.40. The Balaban J connectivity index is 1.75. The van der Waals surface area contributed by atoms with Crippen LogP contribution in [0.4, 0.5) is 15.6 Å². The molecule has 0 fully saturated rings. The maximum absolute atomic E-state index is 11.7. The molecule has 1 amide bonds. The number of carboxylic acid groups (broad SMARTS) is 1. The molecule has 4 rings (SSSR count). The standard InChI is InChI=1S/C17H10ClN3O3S2/c18-10-1-3-11(4-2-10)24-13-6-19-7-14-12(13)5-16(26-14)21(17(22)23)15-8-25-9-20-15/h1-9H,(H,22,23). The number of amides is 1. The number of halogens is 1. The molecule has 0 saturated carbocycles. The summed E-state index contributed by atoms with van der Waals surface area (Å²) in [5.74, 6) is 1.52. The molecule has 6 nitrogen and oxygen atoms in total. The Bertz CT molecular complexity index is 1060. The molecule has 1 N–H and O–H groups in total. The predicted octanol–water partition coefficient (Wildman–Crippen LogP) is 6.01. The molecule has 3 aromatic heterocycles. The summed E-state index contributed by atoms with van der Waals surface area (Å²) < 4.78 is 6.71. The molecule has 4 aromatic rings. The lowest BCUT2D eigenvalue weighted by atomic mass is 10.3. The summed E-state index contributed by atoms with van der Waals surface area (Å²) in [6, 6.07) is 8.75. The molecule has 1 aromatic carbocycles. The molecule has 0 aliphatic heterocycles. The molecule has 0 spiro atoms. The second-order valence-corrected chi connectivity index (χ2v) is 7.37. The first-order valence-corrected chi connectivity index (χ1v) is 9.48. The van der Waals surface area contributed by atoms with Crippen molar-refractivity contribution in [1.29, 1.82) is 0 Å². The number of thiazole rings is 1. The number of rotatable bonds is 4. The first-order valence-electron chi connectivity index (χ1n) is 7.34. The van der Waals surface area contributed by atoms with Gasteiger partial charge in [-0.3, -0.25) is 4.98 Å². The monoisotopic (exact) mass is 403 g/mol.